The third-order valence-corrected chi connectivity index (χ3v) is 3.42. The van der Waals surface area contributed by atoms with E-state index in [1.54, 1.807) is 12.1 Å². The van der Waals surface area contributed by atoms with E-state index in [9.17, 15) is 4.79 Å². The summed E-state index contributed by atoms with van der Waals surface area (Å²) in [4.78, 5) is 12.0. The minimum Gasteiger partial charge on any atom is -0.322 e. The molecule has 0 aliphatic carbocycles. The van der Waals surface area contributed by atoms with Gasteiger partial charge in [0.2, 0.25) is 0 Å². The Hall–Kier alpha value is -1.32. The lowest BCUT2D eigenvalue weighted by atomic mass is 10.1. The van der Waals surface area contributed by atoms with Crippen LogP contribution in [0.1, 0.15) is 15.9 Å². The van der Waals surface area contributed by atoms with Crippen LogP contribution >= 0.6 is 27.5 Å². The van der Waals surface area contributed by atoms with Gasteiger partial charge < -0.3 is 5.32 Å². The van der Waals surface area contributed by atoms with Crippen molar-refractivity contribution >= 4 is 39.1 Å². The van der Waals surface area contributed by atoms with E-state index >= 15 is 0 Å². The fourth-order valence-electron chi connectivity index (χ4n) is 1.67. The van der Waals surface area contributed by atoms with Gasteiger partial charge in [0, 0.05) is 21.6 Å². The van der Waals surface area contributed by atoms with E-state index in [2.05, 4.69) is 21.2 Å². The van der Waals surface area contributed by atoms with Gasteiger partial charge in [-0.1, -0.05) is 28.1 Å². The predicted octanol–water partition coefficient (Wildman–Crippen LogP) is 4.48. The van der Waals surface area contributed by atoms with Crippen LogP contribution in [0.25, 0.3) is 0 Å². The summed E-state index contributed by atoms with van der Waals surface area (Å²) in [6.45, 7) is 0. The molecule has 0 heterocycles. The SMILES string of the molecule is O=C(Nc1ccc(CCCl)cc1)c1ccc(Br)cc1. The molecule has 0 radical (unpaired) electrons. The Morgan fingerprint density at radius 3 is 2.26 bits per heavy atom. The van der Waals surface area contributed by atoms with Crippen molar-refractivity contribution < 1.29 is 4.79 Å². The average Bonchev–Trinajstić information content (AvgIpc) is 2.42. The molecule has 1 N–H and O–H groups in total. The number of carbonyl (C=O) groups is 1. The van der Waals surface area contributed by atoms with Crippen molar-refractivity contribution in [2.24, 2.45) is 0 Å². The Bertz CT molecular complexity index is 551. The molecule has 19 heavy (non-hydrogen) atoms. The molecule has 0 fully saturated rings. The molecule has 2 aromatic rings. The molecule has 1 amide bonds. The summed E-state index contributed by atoms with van der Waals surface area (Å²) in [6, 6.07) is 15.0. The van der Waals surface area contributed by atoms with Crippen molar-refractivity contribution in [2.45, 2.75) is 6.42 Å². The number of carbonyl (C=O) groups excluding carboxylic acids is 1. The van der Waals surface area contributed by atoms with Crippen molar-refractivity contribution in [3.63, 3.8) is 0 Å². The van der Waals surface area contributed by atoms with Crippen LogP contribution in [0.15, 0.2) is 53.0 Å². The molecule has 0 aliphatic rings. The van der Waals surface area contributed by atoms with Crippen molar-refractivity contribution in [3.05, 3.63) is 64.1 Å². The topological polar surface area (TPSA) is 29.1 Å². The van der Waals surface area contributed by atoms with Crippen LogP contribution in [-0.4, -0.2) is 11.8 Å². The van der Waals surface area contributed by atoms with Gasteiger partial charge in [-0.2, -0.15) is 0 Å². The van der Waals surface area contributed by atoms with Gasteiger partial charge in [0.1, 0.15) is 0 Å². The number of nitrogens with one attached hydrogen (secondary N) is 1. The fourth-order valence-corrected chi connectivity index (χ4v) is 2.15. The molecule has 2 aromatic carbocycles. The van der Waals surface area contributed by atoms with Gasteiger partial charge >= 0.3 is 0 Å². The molecule has 0 saturated heterocycles. The highest BCUT2D eigenvalue weighted by Crippen LogP contribution is 2.14. The van der Waals surface area contributed by atoms with E-state index in [1.807, 2.05) is 36.4 Å². The van der Waals surface area contributed by atoms with Crippen LogP contribution in [0.5, 0.6) is 0 Å². The standard InChI is InChI=1S/C15H13BrClNO/c16-13-5-3-12(4-6-13)15(19)18-14-7-1-11(2-8-14)9-10-17/h1-8H,9-10H2,(H,18,19). The van der Waals surface area contributed by atoms with Crippen LogP contribution in [0, 0.1) is 0 Å². The second-order valence-corrected chi connectivity index (χ2v) is 5.39. The smallest absolute Gasteiger partial charge is 0.255 e. The van der Waals surface area contributed by atoms with E-state index in [4.69, 9.17) is 11.6 Å². The highest BCUT2D eigenvalue weighted by Gasteiger charge is 2.05. The molecule has 0 saturated carbocycles. The van der Waals surface area contributed by atoms with Crippen molar-refractivity contribution in [1.82, 2.24) is 0 Å². The Balaban J connectivity index is 2.04. The molecule has 0 spiro atoms. The van der Waals surface area contributed by atoms with Crippen LogP contribution < -0.4 is 5.32 Å². The first-order chi connectivity index (χ1) is 9.19. The summed E-state index contributed by atoms with van der Waals surface area (Å²) in [5.41, 5.74) is 2.58. The molecule has 0 bridgehead atoms. The number of alkyl halides is 1. The van der Waals surface area contributed by atoms with E-state index in [1.165, 1.54) is 0 Å². The molecule has 4 heteroatoms. The maximum atomic E-state index is 12.0. The van der Waals surface area contributed by atoms with Gasteiger partial charge in [0.15, 0.2) is 0 Å². The van der Waals surface area contributed by atoms with Gasteiger partial charge in [-0.25, -0.2) is 0 Å². The van der Waals surface area contributed by atoms with Gasteiger partial charge in [-0.05, 0) is 48.4 Å². The Labute approximate surface area is 125 Å². The first kappa shape index (κ1) is 14.1. The predicted molar refractivity (Wildman–Crippen MR) is 83.0 cm³/mol. The van der Waals surface area contributed by atoms with Crippen LogP contribution in [0.3, 0.4) is 0 Å². The highest BCUT2D eigenvalue weighted by molar-refractivity contribution is 9.10. The summed E-state index contributed by atoms with van der Waals surface area (Å²) < 4.78 is 0.953. The zero-order valence-corrected chi connectivity index (χ0v) is 12.5. The summed E-state index contributed by atoms with van der Waals surface area (Å²) in [5, 5.41) is 2.86. The van der Waals surface area contributed by atoms with Crippen molar-refractivity contribution in [3.8, 4) is 0 Å². The number of aryl methyl sites for hydroxylation is 1. The quantitative estimate of drug-likeness (QED) is 0.818. The normalized spacial score (nSPS) is 10.2. The van der Waals surface area contributed by atoms with Gasteiger partial charge in [-0.15, -0.1) is 11.6 Å². The van der Waals surface area contributed by atoms with E-state index in [0.29, 0.717) is 11.4 Å². The van der Waals surface area contributed by atoms with E-state index in [0.717, 1.165) is 22.1 Å². The number of amides is 1. The summed E-state index contributed by atoms with van der Waals surface area (Å²) >= 11 is 9.02. The third kappa shape index (κ3) is 4.08. The van der Waals surface area contributed by atoms with E-state index < -0.39 is 0 Å². The Kier molecular flexibility index (Phi) is 5.00. The zero-order chi connectivity index (χ0) is 13.7. The molecule has 98 valence electrons. The van der Waals surface area contributed by atoms with Crippen molar-refractivity contribution in [1.29, 1.82) is 0 Å². The number of hydrogen-bond acceptors (Lipinski definition) is 1. The van der Waals surface area contributed by atoms with Gasteiger partial charge in [0.05, 0.1) is 0 Å². The second kappa shape index (κ2) is 6.73. The molecule has 0 atom stereocenters. The van der Waals surface area contributed by atoms with Crippen LogP contribution in [-0.2, 0) is 6.42 Å². The van der Waals surface area contributed by atoms with Gasteiger partial charge in [-0.3, -0.25) is 4.79 Å². The number of halogens is 2. The summed E-state index contributed by atoms with van der Waals surface area (Å²) in [5.74, 6) is 0.488. The monoisotopic (exact) mass is 337 g/mol. The van der Waals surface area contributed by atoms with Gasteiger partial charge in [0.25, 0.3) is 5.91 Å². The lowest BCUT2D eigenvalue weighted by Gasteiger charge is -2.06. The Morgan fingerprint density at radius 1 is 1.05 bits per heavy atom. The highest BCUT2D eigenvalue weighted by atomic mass is 79.9. The molecule has 0 aliphatic heterocycles. The maximum absolute atomic E-state index is 12.0. The molecule has 2 rings (SSSR count). The lowest BCUT2D eigenvalue weighted by Crippen LogP contribution is -2.11. The Morgan fingerprint density at radius 2 is 1.68 bits per heavy atom. The van der Waals surface area contributed by atoms with Crippen LogP contribution in [0.2, 0.25) is 0 Å². The zero-order valence-electron chi connectivity index (χ0n) is 10.2. The number of benzene rings is 2. The van der Waals surface area contributed by atoms with E-state index in [-0.39, 0.29) is 5.91 Å². The summed E-state index contributed by atoms with van der Waals surface area (Å²) in [7, 11) is 0. The fraction of sp³-hybridized carbons (Fsp3) is 0.133. The number of anilines is 1. The average molecular weight is 339 g/mol. The van der Waals surface area contributed by atoms with Crippen molar-refractivity contribution in [2.75, 3.05) is 11.2 Å². The number of hydrogen-bond donors (Lipinski definition) is 1. The molecular formula is C15H13BrClNO. The number of rotatable bonds is 4. The van der Waals surface area contributed by atoms with Crippen LogP contribution in [0.4, 0.5) is 5.69 Å². The largest absolute Gasteiger partial charge is 0.322 e. The minimum absolute atomic E-state index is 0.113. The third-order valence-electron chi connectivity index (χ3n) is 2.70. The molecule has 0 unspecified atom stereocenters. The minimum atomic E-state index is -0.113. The molecular weight excluding hydrogens is 326 g/mol. The first-order valence-electron chi connectivity index (χ1n) is 5.91. The molecule has 0 aromatic heterocycles. The second-order valence-electron chi connectivity index (χ2n) is 4.10. The maximum Gasteiger partial charge on any atom is 0.255 e. The lowest BCUT2D eigenvalue weighted by molar-refractivity contribution is 0.102. The molecule has 2 nitrogen and oxygen atoms in total. The first-order valence-corrected chi connectivity index (χ1v) is 7.23. The summed E-state index contributed by atoms with van der Waals surface area (Å²) in [6.07, 6.45) is 0.836.